The SMILES string of the molecule is CCc1c(-c2ccc(C(=O)NCCC(=O)NCCCCCCCCCNC(=O)c3cccc(-c4nc(NC(=O)C5(c6ccc7c(n6)OC(F)(F)O7)CC5)ccc4C)c3)nc2)cnc(N)c1-c1ccc(O)cc1. The van der Waals surface area contributed by atoms with Gasteiger partial charge in [0.15, 0.2) is 5.75 Å². The van der Waals surface area contributed by atoms with Crippen molar-refractivity contribution >= 4 is 35.3 Å². The zero-order valence-electron chi connectivity index (χ0n) is 40.2. The molecule has 4 aromatic heterocycles. The van der Waals surface area contributed by atoms with E-state index in [1.165, 1.54) is 12.1 Å². The molecule has 18 heteroatoms. The van der Waals surface area contributed by atoms with E-state index in [0.29, 0.717) is 66.5 Å². The summed E-state index contributed by atoms with van der Waals surface area (Å²) >= 11 is 0. The van der Waals surface area contributed by atoms with E-state index in [2.05, 4.69) is 45.7 Å². The number of unbranched alkanes of at least 4 members (excludes halogenated alkanes) is 6. The Morgan fingerprint density at radius 1 is 0.736 bits per heavy atom. The predicted octanol–water partition coefficient (Wildman–Crippen LogP) is 8.81. The number of aromatic hydroxyl groups is 1. The Morgan fingerprint density at radius 3 is 2.15 bits per heavy atom. The summed E-state index contributed by atoms with van der Waals surface area (Å²) < 4.78 is 36.1. The number of benzene rings is 2. The quantitative estimate of drug-likeness (QED) is 0.0351. The van der Waals surface area contributed by atoms with Crippen molar-refractivity contribution in [1.82, 2.24) is 35.9 Å². The first-order chi connectivity index (χ1) is 34.7. The number of alkyl halides is 2. The Morgan fingerprint density at radius 2 is 1.44 bits per heavy atom. The zero-order valence-corrected chi connectivity index (χ0v) is 40.2. The molecule has 1 aliphatic carbocycles. The van der Waals surface area contributed by atoms with Crippen LogP contribution in [0.2, 0.25) is 0 Å². The summed E-state index contributed by atoms with van der Waals surface area (Å²) in [6.45, 7) is 5.19. The van der Waals surface area contributed by atoms with Crippen molar-refractivity contribution in [2.24, 2.45) is 0 Å². The Kier molecular flexibility index (Phi) is 15.7. The van der Waals surface area contributed by atoms with Crippen LogP contribution in [-0.4, -0.2) is 74.6 Å². The Balaban J connectivity index is 0.683. The van der Waals surface area contributed by atoms with Gasteiger partial charge in [0, 0.05) is 66.3 Å². The molecule has 1 fully saturated rings. The van der Waals surface area contributed by atoms with Gasteiger partial charge in [0.2, 0.25) is 11.8 Å². The fourth-order valence-electron chi connectivity index (χ4n) is 8.72. The van der Waals surface area contributed by atoms with Crippen LogP contribution < -0.4 is 36.5 Å². The van der Waals surface area contributed by atoms with Crippen molar-refractivity contribution < 1.29 is 42.5 Å². The highest BCUT2D eigenvalue weighted by Crippen LogP contribution is 2.50. The Hall–Kier alpha value is -8.02. The monoisotopic (exact) mass is 981 g/mol. The number of halogens is 2. The lowest BCUT2D eigenvalue weighted by molar-refractivity contribution is -0.287. The molecule has 16 nitrogen and oxygen atoms in total. The number of aromatic nitrogens is 4. The highest BCUT2D eigenvalue weighted by molar-refractivity contribution is 6.01. The molecule has 374 valence electrons. The van der Waals surface area contributed by atoms with Crippen molar-refractivity contribution in [3.63, 3.8) is 0 Å². The van der Waals surface area contributed by atoms with Gasteiger partial charge in [-0.2, -0.15) is 0 Å². The van der Waals surface area contributed by atoms with E-state index in [0.717, 1.165) is 78.3 Å². The maximum atomic E-state index is 13.6. The lowest BCUT2D eigenvalue weighted by Crippen LogP contribution is -2.31. The van der Waals surface area contributed by atoms with Gasteiger partial charge in [-0.1, -0.05) is 75.4 Å². The molecule has 0 saturated heterocycles. The van der Waals surface area contributed by atoms with Crippen molar-refractivity contribution in [1.29, 1.82) is 0 Å². The predicted molar refractivity (Wildman–Crippen MR) is 267 cm³/mol. The second-order valence-electron chi connectivity index (χ2n) is 18.0. The molecule has 0 radical (unpaired) electrons. The maximum Gasteiger partial charge on any atom is 0.587 e. The lowest BCUT2D eigenvalue weighted by Gasteiger charge is -2.16. The fourth-order valence-corrected chi connectivity index (χ4v) is 8.72. The molecule has 0 atom stereocenters. The molecule has 1 aliphatic heterocycles. The van der Waals surface area contributed by atoms with Crippen LogP contribution in [0.25, 0.3) is 33.5 Å². The van der Waals surface area contributed by atoms with Crippen LogP contribution in [0.15, 0.2) is 97.3 Å². The molecule has 0 unspecified atom stereocenters. The third-order valence-electron chi connectivity index (χ3n) is 12.8. The number of aryl methyl sites for hydroxylation is 1. The van der Waals surface area contributed by atoms with E-state index in [-0.39, 0.29) is 59.7 Å². The van der Waals surface area contributed by atoms with E-state index in [9.17, 15) is 33.1 Å². The van der Waals surface area contributed by atoms with E-state index in [1.807, 2.05) is 32.0 Å². The summed E-state index contributed by atoms with van der Waals surface area (Å²) in [7, 11) is 0. The van der Waals surface area contributed by atoms with Gasteiger partial charge >= 0.3 is 6.29 Å². The molecule has 6 aromatic rings. The third-order valence-corrected chi connectivity index (χ3v) is 12.8. The second kappa shape index (κ2) is 22.4. The van der Waals surface area contributed by atoms with Gasteiger partial charge in [-0.15, -0.1) is 8.78 Å². The average molecular weight is 982 g/mol. The molecular formula is C54H57F2N9O7. The van der Waals surface area contributed by atoms with Crippen LogP contribution in [0, 0.1) is 6.92 Å². The minimum Gasteiger partial charge on any atom is -0.508 e. The highest BCUT2D eigenvalue weighted by Gasteiger charge is 2.54. The van der Waals surface area contributed by atoms with Crippen molar-refractivity contribution in [2.75, 3.05) is 30.7 Å². The van der Waals surface area contributed by atoms with Crippen LogP contribution in [0.4, 0.5) is 20.4 Å². The minimum absolute atomic E-state index is 0.135. The number of carbonyl (C=O) groups excluding carboxylic acids is 4. The van der Waals surface area contributed by atoms with E-state index in [1.54, 1.807) is 67.0 Å². The van der Waals surface area contributed by atoms with Gasteiger partial charge in [0.1, 0.15) is 23.1 Å². The van der Waals surface area contributed by atoms with Gasteiger partial charge in [0.25, 0.3) is 17.7 Å². The number of phenols is 1. The number of nitrogens with two attached hydrogens (primary N) is 1. The Bertz CT molecular complexity index is 2950. The molecule has 5 heterocycles. The van der Waals surface area contributed by atoms with Crippen LogP contribution >= 0.6 is 0 Å². The molecule has 72 heavy (non-hydrogen) atoms. The fraction of sp³-hybridized carbons (Fsp3) is 0.333. The first-order valence-electron chi connectivity index (χ1n) is 24.3. The summed E-state index contributed by atoms with van der Waals surface area (Å²) in [6, 6.07) is 23.7. The summed E-state index contributed by atoms with van der Waals surface area (Å²) in [6.07, 6.45) is 8.04. The third kappa shape index (κ3) is 12.1. The summed E-state index contributed by atoms with van der Waals surface area (Å²) in [4.78, 5) is 69.6. The topological polar surface area (TPSA) is 233 Å². The zero-order chi connectivity index (χ0) is 50.8. The molecule has 2 aliphatic rings. The number of nitrogens with zero attached hydrogens (tertiary/aromatic N) is 4. The minimum atomic E-state index is -3.81. The lowest BCUT2D eigenvalue weighted by atomic mass is 9.92. The largest absolute Gasteiger partial charge is 0.587 e. The number of pyridine rings is 4. The van der Waals surface area contributed by atoms with Crippen molar-refractivity contribution in [2.45, 2.75) is 96.2 Å². The number of amides is 4. The highest BCUT2D eigenvalue weighted by atomic mass is 19.3. The van der Waals surface area contributed by atoms with Crippen LogP contribution in [0.5, 0.6) is 17.4 Å². The molecule has 2 aromatic carbocycles. The van der Waals surface area contributed by atoms with Gasteiger partial charge < -0.3 is 41.6 Å². The first kappa shape index (κ1) is 50.4. The van der Waals surface area contributed by atoms with Gasteiger partial charge in [-0.05, 0) is 104 Å². The number of hydrogen-bond donors (Lipinski definition) is 6. The number of rotatable bonds is 22. The molecule has 0 bridgehead atoms. The first-order valence-corrected chi connectivity index (χ1v) is 24.3. The van der Waals surface area contributed by atoms with Crippen molar-refractivity contribution in [3.8, 4) is 50.9 Å². The number of anilines is 2. The van der Waals surface area contributed by atoms with Crippen LogP contribution in [0.3, 0.4) is 0 Å². The number of phenolic OH excluding ortho intramolecular Hbond substituents is 1. The van der Waals surface area contributed by atoms with Crippen molar-refractivity contribution in [3.05, 3.63) is 125 Å². The van der Waals surface area contributed by atoms with E-state index in [4.69, 9.17) is 10.7 Å². The van der Waals surface area contributed by atoms with Crippen LogP contribution in [0.1, 0.15) is 109 Å². The number of fused-ring (bicyclic) bond motifs is 1. The number of carbonyl (C=O) groups is 4. The van der Waals surface area contributed by atoms with E-state index < -0.39 is 11.7 Å². The number of nitrogen functional groups attached to an aromatic ring is 1. The summed E-state index contributed by atoms with van der Waals surface area (Å²) in [5, 5.41) is 21.3. The normalized spacial score (nSPS) is 13.8. The maximum absolute atomic E-state index is 13.6. The van der Waals surface area contributed by atoms with E-state index >= 15 is 0 Å². The molecule has 7 N–H and O–H groups in total. The molecular weight excluding hydrogens is 925 g/mol. The molecule has 4 amide bonds. The summed E-state index contributed by atoms with van der Waals surface area (Å²) in [5.41, 5.74) is 12.7. The second-order valence-corrected chi connectivity index (χ2v) is 18.0. The number of ether oxygens (including phenoxy) is 2. The van der Waals surface area contributed by atoms with Gasteiger partial charge in [-0.25, -0.2) is 15.0 Å². The average Bonchev–Trinajstić information content (AvgIpc) is 4.13. The number of hydrogen-bond acceptors (Lipinski definition) is 12. The standard InChI is InChI=1S/C54H57F2N9O7/c1-3-39-40(32-62-48(57)46(39)34-15-18-38(66)19-16-34)37-17-20-41(61-31-37)50(69)60-29-24-45(67)58-27-9-7-5-4-6-8-10-28-59-49(68)36-13-11-12-35(30-36)47-33(2)14-23-44(64-47)65-52(70)53(25-26-53)43-22-21-42-51(63-43)72-54(55,56)71-42/h11-23,30-32,66H,3-10,24-29H2,1-2H3,(H2,57,62)(H,58,67)(H,59,68)(H,60,69)(H,64,65,70). The van der Waals surface area contributed by atoms with Gasteiger partial charge in [-0.3, -0.25) is 24.2 Å². The number of nitrogens with one attached hydrogen (secondary N) is 4. The Labute approximate surface area is 415 Å². The summed E-state index contributed by atoms with van der Waals surface area (Å²) in [5.74, 6) is -0.773. The van der Waals surface area contributed by atoms with Crippen LogP contribution in [-0.2, 0) is 21.4 Å². The smallest absolute Gasteiger partial charge is 0.508 e. The molecule has 1 saturated carbocycles. The molecule has 8 rings (SSSR count). The molecule has 0 spiro atoms. The van der Waals surface area contributed by atoms with Gasteiger partial charge in [0.05, 0.1) is 16.8 Å².